The van der Waals surface area contributed by atoms with E-state index in [0.29, 0.717) is 18.1 Å². The lowest BCUT2D eigenvalue weighted by Gasteiger charge is -2.28. The summed E-state index contributed by atoms with van der Waals surface area (Å²) in [7, 11) is 0. The molecule has 4 rings (SSSR count). The Morgan fingerprint density at radius 3 is 2.39 bits per heavy atom. The number of carbonyl (C=O) groups excluding carboxylic acids is 1. The van der Waals surface area contributed by atoms with Crippen molar-refractivity contribution in [2.24, 2.45) is 0 Å². The molecule has 0 spiro atoms. The molecule has 1 aliphatic rings. The Balaban J connectivity index is 1.32. The van der Waals surface area contributed by atoms with Gasteiger partial charge in [-0.2, -0.15) is 0 Å². The second-order valence-corrected chi connectivity index (χ2v) is 7.86. The van der Waals surface area contributed by atoms with Crippen molar-refractivity contribution in [3.63, 3.8) is 0 Å². The fourth-order valence-corrected chi connectivity index (χ4v) is 3.98. The maximum Gasteiger partial charge on any atom is 0.230 e. The van der Waals surface area contributed by atoms with Crippen LogP contribution in [0.25, 0.3) is 0 Å². The molecule has 3 aromatic rings. The third kappa shape index (κ3) is 4.86. The number of nitrogens with one attached hydrogen (secondary N) is 2. The minimum Gasteiger partial charge on any atom is -0.372 e. The van der Waals surface area contributed by atoms with Crippen molar-refractivity contribution >= 4 is 40.3 Å². The molecule has 2 N–H and O–H groups in total. The number of carbonyl (C=O) groups is 1. The minimum absolute atomic E-state index is 0.0919. The molecule has 1 amide bonds. The summed E-state index contributed by atoms with van der Waals surface area (Å²) in [6, 6.07) is 15.8. The van der Waals surface area contributed by atoms with Crippen LogP contribution in [-0.2, 0) is 11.2 Å². The highest BCUT2D eigenvalue weighted by Crippen LogP contribution is 2.23. The lowest BCUT2D eigenvalue weighted by molar-refractivity contribution is -0.115. The van der Waals surface area contributed by atoms with E-state index in [1.165, 1.54) is 24.9 Å². The van der Waals surface area contributed by atoms with Crippen LogP contribution in [0.4, 0.5) is 23.0 Å². The molecule has 0 saturated carbocycles. The van der Waals surface area contributed by atoms with E-state index in [-0.39, 0.29) is 5.91 Å². The Hall–Kier alpha value is -2.93. The fourth-order valence-electron chi connectivity index (χ4n) is 3.28. The van der Waals surface area contributed by atoms with Gasteiger partial charge in [-0.3, -0.25) is 4.79 Å². The first kappa shape index (κ1) is 18.4. The molecule has 3 heterocycles. The smallest absolute Gasteiger partial charge is 0.230 e. The molecule has 0 unspecified atom stereocenters. The molecular weight excluding hydrogens is 370 g/mol. The Kier molecular flexibility index (Phi) is 5.82. The number of anilines is 4. The second-order valence-electron chi connectivity index (χ2n) is 6.83. The normalized spacial score (nSPS) is 13.9. The summed E-state index contributed by atoms with van der Waals surface area (Å²) in [5.74, 6) is 1.00. The number of hydrogen-bond acceptors (Lipinski definition) is 6. The number of thiophene rings is 1. The van der Waals surface area contributed by atoms with Crippen molar-refractivity contribution in [2.45, 2.75) is 25.7 Å². The van der Waals surface area contributed by atoms with Crippen molar-refractivity contribution in [2.75, 3.05) is 28.6 Å². The lowest BCUT2D eigenvalue weighted by atomic mass is 10.1. The predicted molar refractivity (Wildman–Crippen MR) is 114 cm³/mol. The zero-order valence-electron chi connectivity index (χ0n) is 15.6. The zero-order chi connectivity index (χ0) is 19.2. The monoisotopic (exact) mass is 393 g/mol. The average molecular weight is 394 g/mol. The highest BCUT2D eigenvalue weighted by Gasteiger charge is 2.11. The molecule has 0 atom stereocenters. The van der Waals surface area contributed by atoms with Gasteiger partial charge in [0.1, 0.15) is 0 Å². The van der Waals surface area contributed by atoms with E-state index in [9.17, 15) is 4.79 Å². The van der Waals surface area contributed by atoms with Gasteiger partial charge in [0, 0.05) is 29.3 Å². The Morgan fingerprint density at radius 2 is 1.71 bits per heavy atom. The van der Waals surface area contributed by atoms with Crippen molar-refractivity contribution in [3.8, 4) is 0 Å². The Labute approximate surface area is 168 Å². The van der Waals surface area contributed by atoms with Gasteiger partial charge in [-0.25, -0.2) is 0 Å². The third-order valence-electron chi connectivity index (χ3n) is 4.71. The van der Waals surface area contributed by atoms with E-state index in [0.717, 1.165) is 23.7 Å². The molecule has 6 nitrogen and oxygen atoms in total. The molecule has 1 aromatic carbocycles. The summed E-state index contributed by atoms with van der Waals surface area (Å²) in [5, 5.41) is 16.2. The van der Waals surface area contributed by atoms with Gasteiger partial charge in [0.25, 0.3) is 0 Å². The molecule has 0 aliphatic carbocycles. The number of aromatic nitrogens is 2. The van der Waals surface area contributed by atoms with Crippen LogP contribution >= 0.6 is 11.3 Å². The lowest BCUT2D eigenvalue weighted by Crippen LogP contribution is -2.29. The molecule has 144 valence electrons. The average Bonchev–Trinajstić information content (AvgIpc) is 3.24. The van der Waals surface area contributed by atoms with Crippen LogP contribution in [0.1, 0.15) is 24.1 Å². The van der Waals surface area contributed by atoms with E-state index in [1.54, 1.807) is 17.4 Å². The van der Waals surface area contributed by atoms with Crippen molar-refractivity contribution in [3.05, 3.63) is 58.8 Å². The number of nitrogens with zero attached hydrogens (tertiary/aromatic N) is 3. The van der Waals surface area contributed by atoms with Crippen LogP contribution < -0.4 is 15.5 Å². The van der Waals surface area contributed by atoms with Gasteiger partial charge in [0.15, 0.2) is 11.6 Å². The van der Waals surface area contributed by atoms with Crippen LogP contribution in [0.5, 0.6) is 0 Å². The summed E-state index contributed by atoms with van der Waals surface area (Å²) >= 11 is 1.57. The molecule has 1 saturated heterocycles. The van der Waals surface area contributed by atoms with E-state index in [2.05, 4.69) is 50.0 Å². The molecule has 7 heteroatoms. The molecule has 1 fully saturated rings. The van der Waals surface area contributed by atoms with E-state index < -0.39 is 0 Å². The maximum absolute atomic E-state index is 12.0. The number of piperidine rings is 1. The highest BCUT2D eigenvalue weighted by molar-refractivity contribution is 7.10. The first-order chi connectivity index (χ1) is 13.8. The van der Waals surface area contributed by atoms with Crippen LogP contribution in [-0.4, -0.2) is 29.2 Å². The van der Waals surface area contributed by atoms with Crippen LogP contribution in [0.15, 0.2) is 53.9 Å². The van der Waals surface area contributed by atoms with Gasteiger partial charge >= 0.3 is 0 Å². The van der Waals surface area contributed by atoms with E-state index >= 15 is 0 Å². The molecule has 0 bridgehead atoms. The van der Waals surface area contributed by atoms with Gasteiger partial charge in [-0.1, -0.05) is 6.07 Å². The van der Waals surface area contributed by atoms with Gasteiger partial charge in [-0.15, -0.1) is 21.5 Å². The van der Waals surface area contributed by atoms with E-state index in [4.69, 9.17) is 0 Å². The first-order valence-corrected chi connectivity index (χ1v) is 10.4. The quantitative estimate of drug-likeness (QED) is 0.647. The standard InChI is InChI=1S/C21H23N5OS/c27-21(15-18-5-4-14-28-18)23-20-11-10-19(24-25-20)22-16-6-8-17(9-7-16)26-12-2-1-3-13-26/h4-11,14H,1-3,12-13,15H2,(H,22,24)(H,23,25,27). The second kappa shape index (κ2) is 8.84. The Morgan fingerprint density at radius 1 is 0.964 bits per heavy atom. The number of benzene rings is 1. The molecule has 0 radical (unpaired) electrons. The fraction of sp³-hybridized carbons (Fsp3) is 0.286. The van der Waals surface area contributed by atoms with Gasteiger partial charge in [0.05, 0.1) is 6.42 Å². The molecule has 1 aliphatic heterocycles. The number of amides is 1. The van der Waals surface area contributed by atoms with Crippen molar-refractivity contribution < 1.29 is 4.79 Å². The van der Waals surface area contributed by atoms with Gasteiger partial charge < -0.3 is 15.5 Å². The molecule has 2 aromatic heterocycles. The maximum atomic E-state index is 12.0. The molecule has 28 heavy (non-hydrogen) atoms. The Bertz CT molecular complexity index is 888. The largest absolute Gasteiger partial charge is 0.372 e. The summed E-state index contributed by atoms with van der Waals surface area (Å²) in [6.07, 6.45) is 4.22. The topological polar surface area (TPSA) is 70.2 Å². The summed E-state index contributed by atoms with van der Waals surface area (Å²) in [6.45, 7) is 2.27. The van der Waals surface area contributed by atoms with Crippen LogP contribution in [0.2, 0.25) is 0 Å². The van der Waals surface area contributed by atoms with Crippen molar-refractivity contribution in [1.29, 1.82) is 0 Å². The summed E-state index contributed by atoms with van der Waals surface area (Å²) in [5.41, 5.74) is 2.23. The van der Waals surface area contributed by atoms with Crippen LogP contribution in [0.3, 0.4) is 0 Å². The summed E-state index contributed by atoms with van der Waals surface area (Å²) in [4.78, 5) is 15.5. The number of hydrogen-bond donors (Lipinski definition) is 2. The summed E-state index contributed by atoms with van der Waals surface area (Å²) < 4.78 is 0. The van der Waals surface area contributed by atoms with Gasteiger partial charge in [-0.05, 0) is 67.1 Å². The minimum atomic E-state index is -0.0919. The predicted octanol–water partition coefficient (Wildman–Crippen LogP) is 4.45. The van der Waals surface area contributed by atoms with Crippen LogP contribution in [0, 0.1) is 0 Å². The molecular formula is C21H23N5OS. The number of rotatable bonds is 6. The van der Waals surface area contributed by atoms with Crippen molar-refractivity contribution in [1.82, 2.24) is 10.2 Å². The van der Waals surface area contributed by atoms with E-state index in [1.807, 2.05) is 23.6 Å². The first-order valence-electron chi connectivity index (χ1n) is 9.54. The third-order valence-corrected chi connectivity index (χ3v) is 5.58. The highest BCUT2D eigenvalue weighted by atomic mass is 32.1. The zero-order valence-corrected chi connectivity index (χ0v) is 16.4. The SMILES string of the molecule is O=C(Cc1cccs1)Nc1ccc(Nc2ccc(N3CCCCC3)cc2)nn1. The van der Waals surface area contributed by atoms with Gasteiger partial charge in [0.2, 0.25) is 5.91 Å².